The Morgan fingerprint density at radius 2 is 1.67 bits per heavy atom. The van der Waals surface area contributed by atoms with Crippen molar-refractivity contribution in [2.45, 2.75) is 33.2 Å². The summed E-state index contributed by atoms with van der Waals surface area (Å²) < 4.78 is 5.69. The van der Waals surface area contributed by atoms with Gasteiger partial charge in [0.25, 0.3) is 0 Å². The van der Waals surface area contributed by atoms with E-state index in [0.717, 1.165) is 26.2 Å². The largest absolute Gasteiger partial charge is 0.463 e. The maximum absolute atomic E-state index is 10.4. The lowest BCUT2D eigenvalue weighted by Gasteiger charge is -2.37. The molecule has 5 nitrogen and oxygen atoms in total. The van der Waals surface area contributed by atoms with E-state index in [1.54, 1.807) is 13.0 Å². The number of hydrogen-bond donors (Lipinski definition) is 2. The van der Waals surface area contributed by atoms with Gasteiger partial charge in [-0.15, -0.1) is 0 Å². The summed E-state index contributed by atoms with van der Waals surface area (Å²) in [5.41, 5.74) is 4.59. The average Bonchev–Trinajstić information content (AvgIpc) is 2.65. The first kappa shape index (κ1) is 19.7. The fraction of sp³-hybridized carbons (Fsp3) is 0.455. The minimum absolute atomic E-state index is 0.453. The number of rotatable bonds is 6. The van der Waals surface area contributed by atoms with Crippen LogP contribution in [0.4, 0.5) is 5.69 Å². The first-order valence-corrected chi connectivity index (χ1v) is 9.60. The van der Waals surface area contributed by atoms with Crippen LogP contribution < -0.4 is 9.64 Å². The van der Waals surface area contributed by atoms with Gasteiger partial charge in [-0.05, 0) is 50.1 Å². The molecule has 1 aliphatic rings. The van der Waals surface area contributed by atoms with E-state index < -0.39 is 12.4 Å². The van der Waals surface area contributed by atoms with Crippen molar-refractivity contribution in [2.75, 3.05) is 37.6 Å². The molecular formula is C22H30N2O3. The Kier molecular flexibility index (Phi) is 6.37. The quantitative estimate of drug-likeness (QED) is 0.766. The topological polar surface area (TPSA) is 56.2 Å². The Morgan fingerprint density at radius 1 is 0.963 bits per heavy atom. The molecule has 0 saturated carbocycles. The number of aliphatic hydroxyl groups excluding tert-OH is 2. The van der Waals surface area contributed by atoms with Gasteiger partial charge in [0.05, 0.1) is 12.6 Å². The molecule has 1 saturated heterocycles. The molecule has 146 valence electrons. The summed E-state index contributed by atoms with van der Waals surface area (Å²) in [6, 6.07) is 13.9. The third-order valence-electron chi connectivity index (χ3n) is 5.27. The first-order valence-electron chi connectivity index (χ1n) is 9.60. The lowest BCUT2D eigenvalue weighted by molar-refractivity contribution is -0.0431. The molecule has 0 aromatic heterocycles. The van der Waals surface area contributed by atoms with Crippen LogP contribution in [-0.2, 0) is 0 Å². The monoisotopic (exact) mass is 370 g/mol. The maximum atomic E-state index is 10.4. The minimum Gasteiger partial charge on any atom is -0.463 e. The molecular weight excluding hydrogens is 340 g/mol. The summed E-state index contributed by atoms with van der Waals surface area (Å²) in [4.78, 5) is 4.60. The average molecular weight is 370 g/mol. The van der Waals surface area contributed by atoms with Crippen molar-refractivity contribution < 1.29 is 14.9 Å². The molecule has 27 heavy (non-hydrogen) atoms. The number of piperazine rings is 1. The number of nitrogens with zero attached hydrogens (tertiary/aromatic N) is 2. The highest BCUT2D eigenvalue weighted by Crippen LogP contribution is 2.25. The van der Waals surface area contributed by atoms with E-state index in [-0.39, 0.29) is 0 Å². The van der Waals surface area contributed by atoms with Crippen LogP contribution in [-0.4, -0.2) is 54.1 Å². The second-order valence-corrected chi connectivity index (χ2v) is 7.34. The first-order chi connectivity index (χ1) is 12.9. The number of benzene rings is 2. The number of aryl methyl sites for hydroxylation is 2. The zero-order valence-corrected chi connectivity index (χ0v) is 16.4. The van der Waals surface area contributed by atoms with Crippen LogP contribution >= 0.6 is 0 Å². The van der Waals surface area contributed by atoms with E-state index in [1.807, 2.05) is 18.2 Å². The third kappa shape index (κ3) is 5.01. The lowest BCUT2D eigenvalue weighted by Crippen LogP contribution is -2.49. The van der Waals surface area contributed by atoms with Gasteiger partial charge in [0.2, 0.25) is 6.29 Å². The Hall–Kier alpha value is -2.08. The molecule has 0 bridgehead atoms. The van der Waals surface area contributed by atoms with E-state index in [2.05, 4.69) is 41.8 Å². The van der Waals surface area contributed by atoms with Gasteiger partial charge in [-0.1, -0.05) is 24.3 Å². The Morgan fingerprint density at radius 3 is 2.33 bits per heavy atom. The van der Waals surface area contributed by atoms with E-state index in [1.165, 1.54) is 16.8 Å². The molecule has 0 radical (unpaired) electrons. The predicted octanol–water partition coefficient (Wildman–Crippen LogP) is 2.88. The number of aliphatic hydroxyl groups is 2. The third-order valence-corrected chi connectivity index (χ3v) is 5.27. The van der Waals surface area contributed by atoms with Crippen molar-refractivity contribution >= 4 is 5.69 Å². The van der Waals surface area contributed by atoms with Gasteiger partial charge in [-0.2, -0.15) is 0 Å². The summed E-state index contributed by atoms with van der Waals surface area (Å²) in [6.45, 7) is 10.0. The number of anilines is 1. The molecule has 0 spiro atoms. The van der Waals surface area contributed by atoms with Crippen LogP contribution in [0.15, 0.2) is 42.5 Å². The van der Waals surface area contributed by atoms with Gasteiger partial charge in [-0.3, -0.25) is 4.90 Å². The van der Waals surface area contributed by atoms with E-state index in [4.69, 9.17) is 4.74 Å². The highest BCUT2D eigenvalue weighted by Gasteiger charge is 2.21. The van der Waals surface area contributed by atoms with Crippen molar-refractivity contribution in [2.24, 2.45) is 0 Å². The van der Waals surface area contributed by atoms with E-state index >= 15 is 0 Å². The SMILES string of the molecule is Cc1ccc(N2CCN(CC(O)Oc3ccccc3C(C)O)CC2)cc1C. The zero-order valence-electron chi connectivity index (χ0n) is 16.4. The van der Waals surface area contributed by atoms with Crippen LogP contribution in [0.2, 0.25) is 0 Å². The van der Waals surface area contributed by atoms with Crippen LogP contribution in [0, 0.1) is 13.8 Å². The molecule has 1 aliphatic heterocycles. The van der Waals surface area contributed by atoms with Crippen molar-refractivity contribution in [1.82, 2.24) is 4.90 Å². The fourth-order valence-electron chi connectivity index (χ4n) is 3.45. The van der Waals surface area contributed by atoms with Gasteiger partial charge in [-0.25, -0.2) is 0 Å². The summed E-state index contributed by atoms with van der Waals surface area (Å²) >= 11 is 0. The molecule has 2 N–H and O–H groups in total. The van der Waals surface area contributed by atoms with Crippen LogP contribution in [0.5, 0.6) is 5.75 Å². The van der Waals surface area contributed by atoms with Crippen molar-refractivity contribution in [3.05, 3.63) is 59.2 Å². The van der Waals surface area contributed by atoms with Crippen LogP contribution in [0.1, 0.15) is 29.7 Å². The van der Waals surface area contributed by atoms with Crippen molar-refractivity contribution in [3.8, 4) is 5.75 Å². The van der Waals surface area contributed by atoms with Gasteiger partial charge in [0.1, 0.15) is 5.75 Å². The highest BCUT2D eigenvalue weighted by atomic mass is 16.6. The molecule has 2 unspecified atom stereocenters. The van der Waals surface area contributed by atoms with Gasteiger partial charge >= 0.3 is 0 Å². The zero-order chi connectivity index (χ0) is 19.4. The normalized spacial score (nSPS) is 17.6. The Balaban J connectivity index is 1.52. The Bertz CT molecular complexity index is 755. The molecule has 2 atom stereocenters. The molecule has 2 aromatic carbocycles. The molecule has 1 heterocycles. The number of β-amino-alcohol motifs (C(OH)–C–C–N with tert-alkyl or cyclic N) is 1. The second-order valence-electron chi connectivity index (χ2n) is 7.34. The van der Waals surface area contributed by atoms with Crippen LogP contribution in [0.25, 0.3) is 0 Å². The molecule has 3 rings (SSSR count). The smallest absolute Gasteiger partial charge is 0.210 e. The summed E-state index contributed by atoms with van der Waals surface area (Å²) in [6.07, 6.45) is -1.55. The van der Waals surface area contributed by atoms with E-state index in [9.17, 15) is 10.2 Å². The lowest BCUT2D eigenvalue weighted by atomic mass is 10.1. The molecule has 0 amide bonds. The van der Waals surface area contributed by atoms with Crippen LogP contribution in [0.3, 0.4) is 0 Å². The summed E-state index contributed by atoms with van der Waals surface area (Å²) in [5, 5.41) is 20.2. The maximum Gasteiger partial charge on any atom is 0.210 e. The predicted molar refractivity (Wildman–Crippen MR) is 108 cm³/mol. The standard InChI is InChI=1S/C22H30N2O3/c1-16-8-9-19(14-17(16)2)24-12-10-23(11-13-24)15-22(26)27-21-7-5-4-6-20(21)18(3)25/h4-9,14,18,22,25-26H,10-13,15H2,1-3H3. The summed E-state index contributed by atoms with van der Waals surface area (Å²) in [5.74, 6) is 0.536. The highest BCUT2D eigenvalue weighted by molar-refractivity contribution is 5.51. The second kappa shape index (κ2) is 8.74. The van der Waals surface area contributed by atoms with Gasteiger partial charge in [0, 0.05) is 37.4 Å². The molecule has 1 fully saturated rings. The number of hydrogen-bond acceptors (Lipinski definition) is 5. The molecule has 2 aromatic rings. The summed E-state index contributed by atoms with van der Waals surface area (Å²) in [7, 11) is 0. The fourth-order valence-corrected chi connectivity index (χ4v) is 3.45. The number of ether oxygens (including phenoxy) is 1. The van der Waals surface area contributed by atoms with Gasteiger partial charge < -0.3 is 19.8 Å². The Labute approximate surface area is 161 Å². The molecule has 5 heteroatoms. The molecule has 0 aliphatic carbocycles. The minimum atomic E-state index is -0.918. The van der Waals surface area contributed by atoms with E-state index in [0.29, 0.717) is 17.9 Å². The van der Waals surface area contributed by atoms with Gasteiger partial charge in [0.15, 0.2) is 0 Å². The van der Waals surface area contributed by atoms with Crippen molar-refractivity contribution in [1.29, 1.82) is 0 Å². The number of para-hydroxylation sites is 1. The van der Waals surface area contributed by atoms with Crippen molar-refractivity contribution in [3.63, 3.8) is 0 Å².